The lowest BCUT2D eigenvalue weighted by Gasteiger charge is -2.16. The topological polar surface area (TPSA) is 73.5 Å². The van der Waals surface area contributed by atoms with Gasteiger partial charge < -0.3 is 9.84 Å². The Morgan fingerprint density at radius 2 is 2.05 bits per heavy atom. The standard InChI is InChI=1S/C15H22N2O4S/c1-5-9(2)17-13(19)12-10(3)11(8-18)22-14(12)16(15(17)20)6-7-21-4/h9,18H,5-8H2,1-4H3. The molecule has 1 N–H and O–H groups in total. The lowest BCUT2D eigenvalue weighted by atomic mass is 10.2. The lowest BCUT2D eigenvalue weighted by Crippen LogP contribution is -2.41. The molecule has 2 heterocycles. The molecule has 6 nitrogen and oxygen atoms in total. The molecule has 0 aromatic carbocycles. The van der Waals surface area contributed by atoms with E-state index in [0.717, 1.165) is 10.4 Å². The Kier molecular flexibility index (Phi) is 5.20. The van der Waals surface area contributed by atoms with Gasteiger partial charge in [0.2, 0.25) is 0 Å². The third-order valence-corrected chi connectivity index (χ3v) is 5.34. The summed E-state index contributed by atoms with van der Waals surface area (Å²) >= 11 is 1.30. The van der Waals surface area contributed by atoms with E-state index < -0.39 is 0 Å². The second kappa shape index (κ2) is 6.76. The van der Waals surface area contributed by atoms with Gasteiger partial charge in [-0.25, -0.2) is 4.79 Å². The molecule has 0 aliphatic heterocycles. The Bertz CT molecular complexity index is 787. The summed E-state index contributed by atoms with van der Waals surface area (Å²) in [5.41, 5.74) is 0.182. The second-order valence-electron chi connectivity index (χ2n) is 5.35. The van der Waals surface area contributed by atoms with E-state index in [1.165, 1.54) is 15.9 Å². The zero-order valence-corrected chi connectivity index (χ0v) is 14.2. The van der Waals surface area contributed by atoms with Gasteiger partial charge in [0.25, 0.3) is 5.56 Å². The zero-order chi connectivity index (χ0) is 16.4. The van der Waals surface area contributed by atoms with Crippen LogP contribution in [0.4, 0.5) is 0 Å². The summed E-state index contributed by atoms with van der Waals surface area (Å²) in [7, 11) is 1.58. The highest BCUT2D eigenvalue weighted by Gasteiger charge is 2.21. The number of hydrogen-bond acceptors (Lipinski definition) is 5. The summed E-state index contributed by atoms with van der Waals surface area (Å²) in [4.78, 5) is 26.8. The summed E-state index contributed by atoms with van der Waals surface area (Å²) in [6, 6.07) is -0.171. The number of aromatic nitrogens is 2. The second-order valence-corrected chi connectivity index (χ2v) is 6.43. The van der Waals surface area contributed by atoms with Crippen LogP contribution in [0.15, 0.2) is 9.59 Å². The number of nitrogens with zero attached hydrogens (tertiary/aromatic N) is 2. The molecule has 1 atom stereocenters. The predicted molar refractivity (Wildman–Crippen MR) is 87.9 cm³/mol. The number of aliphatic hydroxyl groups excluding tert-OH is 1. The molecule has 2 aromatic rings. The molecule has 0 fully saturated rings. The van der Waals surface area contributed by atoms with Crippen LogP contribution in [0.3, 0.4) is 0 Å². The van der Waals surface area contributed by atoms with Crippen LogP contribution in [0.5, 0.6) is 0 Å². The number of thiophene rings is 1. The van der Waals surface area contributed by atoms with Crippen molar-refractivity contribution >= 4 is 21.6 Å². The Morgan fingerprint density at radius 3 is 2.59 bits per heavy atom. The van der Waals surface area contributed by atoms with Crippen molar-refractivity contribution in [2.24, 2.45) is 0 Å². The average Bonchev–Trinajstić information content (AvgIpc) is 2.84. The van der Waals surface area contributed by atoms with Gasteiger partial charge in [-0.15, -0.1) is 11.3 Å². The van der Waals surface area contributed by atoms with Crippen LogP contribution in [0.25, 0.3) is 10.2 Å². The average molecular weight is 326 g/mol. The Balaban J connectivity index is 2.90. The van der Waals surface area contributed by atoms with Gasteiger partial charge in [0, 0.05) is 18.0 Å². The molecule has 0 bridgehead atoms. The number of ether oxygens (including phenoxy) is 1. The van der Waals surface area contributed by atoms with Crippen LogP contribution in [-0.4, -0.2) is 28.0 Å². The quantitative estimate of drug-likeness (QED) is 0.876. The highest BCUT2D eigenvalue weighted by molar-refractivity contribution is 7.18. The van der Waals surface area contributed by atoms with E-state index in [-0.39, 0.29) is 23.9 Å². The Labute approximate surface area is 132 Å². The van der Waals surface area contributed by atoms with Crippen LogP contribution in [0.1, 0.15) is 36.8 Å². The molecule has 0 saturated heterocycles. The van der Waals surface area contributed by atoms with Crippen molar-refractivity contribution in [1.29, 1.82) is 0 Å². The van der Waals surface area contributed by atoms with Crippen molar-refractivity contribution in [2.45, 2.75) is 46.4 Å². The first kappa shape index (κ1) is 16.9. The van der Waals surface area contributed by atoms with Crippen LogP contribution in [0, 0.1) is 6.92 Å². The third-order valence-electron chi connectivity index (χ3n) is 4.04. The van der Waals surface area contributed by atoms with Crippen molar-refractivity contribution in [3.63, 3.8) is 0 Å². The molecule has 0 aliphatic carbocycles. The predicted octanol–water partition coefficient (Wildman–Crippen LogP) is 1.64. The summed E-state index contributed by atoms with van der Waals surface area (Å²) in [6.07, 6.45) is 0.695. The summed E-state index contributed by atoms with van der Waals surface area (Å²) in [5.74, 6) is 0. The maximum Gasteiger partial charge on any atom is 0.332 e. The smallest absolute Gasteiger partial charge is 0.332 e. The molecule has 0 spiro atoms. The van der Waals surface area contributed by atoms with Crippen LogP contribution >= 0.6 is 11.3 Å². The molecule has 0 saturated carbocycles. The first-order valence-electron chi connectivity index (χ1n) is 7.34. The molecule has 22 heavy (non-hydrogen) atoms. The van der Waals surface area contributed by atoms with Crippen LogP contribution < -0.4 is 11.2 Å². The number of aliphatic hydroxyl groups is 1. The number of hydrogen-bond donors (Lipinski definition) is 1. The molecule has 2 aromatic heterocycles. The maximum absolute atomic E-state index is 12.8. The summed E-state index contributed by atoms with van der Waals surface area (Å²) < 4.78 is 7.98. The SMILES string of the molecule is CCC(C)n1c(=O)c2c(C)c(CO)sc2n(CCOC)c1=O. The van der Waals surface area contributed by atoms with Crippen LogP contribution in [0.2, 0.25) is 0 Å². The van der Waals surface area contributed by atoms with Gasteiger partial charge in [0.05, 0.1) is 25.1 Å². The number of methoxy groups -OCH3 is 1. The largest absolute Gasteiger partial charge is 0.391 e. The van der Waals surface area contributed by atoms with Crippen molar-refractivity contribution in [3.8, 4) is 0 Å². The molecule has 0 aliphatic rings. The summed E-state index contributed by atoms with van der Waals surface area (Å²) in [6.45, 7) is 6.26. The lowest BCUT2D eigenvalue weighted by molar-refractivity contribution is 0.186. The molecule has 2 rings (SSSR count). The van der Waals surface area contributed by atoms with E-state index in [2.05, 4.69) is 0 Å². The minimum Gasteiger partial charge on any atom is -0.391 e. The monoisotopic (exact) mass is 326 g/mol. The van der Waals surface area contributed by atoms with Crippen molar-refractivity contribution in [2.75, 3.05) is 13.7 Å². The highest BCUT2D eigenvalue weighted by atomic mass is 32.1. The summed E-state index contributed by atoms with van der Waals surface area (Å²) in [5, 5.41) is 9.99. The van der Waals surface area contributed by atoms with Crippen molar-refractivity contribution < 1.29 is 9.84 Å². The van der Waals surface area contributed by atoms with Gasteiger partial charge in [-0.05, 0) is 25.8 Å². The number of aryl methyl sites for hydroxylation is 1. The first-order chi connectivity index (χ1) is 10.5. The number of fused-ring (bicyclic) bond motifs is 1. The van der Waals surface area contributed by atoms with Crippen molar-refractivity contribution in [1.82, 2.24) is 9.13 Å². The normalized spacial score (nSPS) is 13.0. The van der Waals surface area contributed by atoms with Gasteiger partial charge in [-0.2, -0.15) is 0 Å². The van der Waals surface area contributed by atoms with E-state index in [0.29, 0.717) is 29.8 Å². The highest BCUT2D eigenvalue weighted by Crippen LogP contribution is 2.28. The van der Waals surface area contributed by atoms with E-state index in [1.807, 2.05) is 20.8 Å². The maximum atomic E-state index is 12.8. The minimum absolute atomic E-state index is 0.133. The fourth-order valence-corrected chi connectivity index (χ4v) is 3.69. The molecular weight excluding hydrogens is 304 g/mol. The fourth-order valence-electron chi connectivity index (χ4n) is 2.51. The van der Waals surface area contributed by atoms with Gasteiger partial charge in [-0.1, -0.05) is 6.92 Å². The Morgan fingerprint density at radius 1 is 1.36 bits per heavy atom. The first-order valence-corrected chi connectivity index (χ1v) is 8.16. The third kappa shape index (κ3) is 2.64. The van der Waals surface area contributed by atoms with Gasteiger partial charge in [0.15, 0.2) is 0 Å². The zero-order valence-electron chi connectivity index (χ0n) is 13.4. The van der Waals surface area contributed by atoms with Crippen molar-refractivity contribution in [3.05, 3.63) is 31.3 Å². The molecule has 122 valence electrons. The molecule has 7 heteroatoms. The van der Waals surface area contributed by atoms with E-state index in [9.17, 15) is 14.7 Å². The van der Waals surface area contributed by atoms with Gasteiger partial charge in [0.1, 0.15) is 4.83 Å². The number of rotatable bonds is 6. The Hall–Kier alpha value is -1.44. The van der Waals surface area contributed by atoms with Gasteiger partial charge in [-0.3, -0.25) is 13.9 Å². The molecule has 0 radical (unpaired) electrons. The van der Waals surface area contributed by atoms with Crippen LogP contribution in [-0.2, 0) is 17.9 Å². The molecule has 1 unspecified atom stereocenters. The minimum atomic E-state index is -0.311. The fraction of sp³-hybridized carbons (Fsp3) is 0.600. The molecular formula is C15H22N2O4S. The van der Waals surface area contributed by atoms with E-state index >= 15 is 0 Å². The van der Waals surface area contributed by atoms with E-state index in [4.69, 9.17) is 4.74 Å². The molecule has 0 amide bonds. The van der Waals surface area contributed by atoms with Gasteiger partial charge >= 0.3 is 5.69 Å². The van der Waals surface area contributed by atoms with E-state index in [1.54, 1.807) is 11.7 Å².